The molecule has 0 aliphatic carbocycles. The van der Waals surface area contributed by atoms with Crippen molar-refractivity contribution in [1.29, 1.82) is 0 Å². The van der Waals surface area contributed by atoms with Crippen molar-refractivity contribution < 1.29 is 28.6 Å². The summed E-state index contributed by atoms with van der Waals surface area (Å²) in [7, 11) is 0. The van der Waals surface area contributed by atoms with Gasteiger partial charge in [-0.25, -0.2) is 0 Å². The molecule has 0 saturated carbocycles. The van der Waals surface area contributed by atoms with Crippen LogP contribution in [0.4, 0.5) is 0 Å². The monoisotopic (exact) mass is 1080 g/mol. The minimum absolute atomic E-state index is 0.0700. The topological polar surface area (TPSA) is 78.9 Å². The molecule has 0 rings (SSSR count). The Hall–Kier alpha value is -2.89. The van der Waals surface area contributed by atoms with Crippen molar-refractivity contribution in [2.45, 2.75) is 361 Å². The largest absolute Gasteiger partial charge is 0.462 e. The van der Waals surface area contributed by atoms with E-state index in [1.165, 1.54) is 231 Å². The molecular weight excluding hydrogens is 949 g/mol. The summed E-state index contributed by atoms with van der Waals surface area (Å²) in [6.45, 7) is 6.53. The molecule has 0 radical (unpaired) electrons. The van der Waals surface area contributed by atoms with Crippen LogP contribution < -0.4 is 0 Å². The average molecular weight is 1080 g/mol. The Labute approximate surface area is 479 Å². The molecule has 0 aromatic heterocycles. The third kappa shape index (κ3) is 63.8. The van der Waals surface area contributed by atoms with E-state index >= 15 is 0 Å². The first-order chi connectivity index (χ1) is 38.0. The van der Waals surface area contributed by atoms with Gasteiger partial charge in [0.25, 0.3) is 0 Å². The molecule has 0 aromatic carbocycles. The molecule has 0 spiro atoms. The lowest BCUT2D eigenvalue weighted by Gasteiger charge is -2.18. The Bertz CT molecular complexity index is 1380. The Morgan fingerprint density at radius 1 is 0.273 bits per heavy atom. The van der Waals surface area contributed by atoms with Gasteiger partial charge in [-0.15, -0.1) is 0 Å². The maximum atomic E-state index is 12.9. The van der Waals surface area contributed by atoms with Crippen molar-refractivity contribution in [1.82, 2.24) is 0 Å². The number of carbonyl (C=O) groups excluding carboxylic acids is 3. The number of allylic oxidation sites excluding steroid dienone is 10. The molecule has 1 atom stereocenters. The first-order valence-electron chi connectivity index (χ1n) is 33.8. The fourth-order valence-electron chi connectivity index (χ4n) is 9.96. The lowest BCUT2D eigenvalue weighted by atomic mass is 10.0. The van der Waals surface area contributed by atoms with Gasteiger partial charge in [0.05, 0.1) is 0 Å². The van der Waals surface area contributed by atoms with Gasteiger partial charge in [-0.3, -0.25) is 14.4 Å². The number of rotatable bonds is 62. The van der Waals surface area contributed by atoms with Gasteiger partial charge < -0.3 is 14.2 Å². The van der Waals surface area contributed by atoms with Crippen LogP contribution in [-0.4, -0.2) is 37.2 Å². The molecule has 77 heavy (non-hydrogen) atoms. The molecule has 0 N–H and O–H groups in total. The highest BCUT2D eigenvalue weighted by Crippen LogP contribution is 2.18. The van der Waals surface area contributed by atoms with E-state index in [0.717, 1.165) is 83.5 Å². The van der Waals surface area contributed by atoms with Crippen LogP contribution in [0.25, 0.3) is 0 Å². The summed E-state index contributed by atoms with van der Waals surface area (Å²) in [5, 5.41) is 0. The van der Waals surface area contributed by atoms with Crippen molar-refractivity contribution in [3.05, 3.63) is 60.8 Å². The number of carbonyl (C=O) groups is 3. The van der Waals surface area contributed by atoms with Gasteiger partial charge >= 0.3 is 17.9 Å². The minimum Gasteiger partial charge on any atom is -0.462 e. The van der Waals surface area contributed by atoms with E-state index in [-0.39, 0.29) is 31.1 Å². The summed E-state index contributed by atoms with van der Waals surface area (Å²) in [5.74, 6) is -0.858. The summed E-state index contributed by atoms with van der Waals surface area (Å²) in [5.41, 5.74) is 0. The second-order valence-electron chi connectivity index (χ2n) is 22.7. The van der Waals surface area contributed by atoms with E-state index < -0.39 is 6.10 Å². The molecule has 0 aliphatic rings. The highest BCUT2D eigenvalue weighted by Gasteiger charge is 2.19. The summed E-state index contributed by atoms with van der Waals surface area (Å²) in [4.78, 5) is 38.1. The Morgan fingerprint density at radius 3 is 0.805 bits per heavy atom. The third-order valence-electron chi connectivity index (χ3n) is 15.0. The normalized spacial score (nSPS) is 12.4. The van der Waals surface area contributed by atoms with Crippen molar-refractivity contribution in [2.75, 3.05) is 13.2 Å². The van der Waals surface area contributed by atoms with Crippen molar-refractivity contribution in [3.63, 3.8) is 0 Å². The smallest absolute Gasteiger partial charge is 0.306 e. The van der Waals surface area contributed by atoms with E-state index in [0.29, 0.717) is 19.3 Å². The molecule has 0 heterocycles. The second kappa shape index (κ2) is 65.6. The third-order valence-corrected chi connectivity index (χ3v) is 15.0. The number of hydrogen-bond acceptors (Lipinski definition) is 6. The zero-order valence-electron chi connectivity index (χ0n) is 51.5. The minimum atomic E-state index is -0.770. The summed E-state index contributed by atoms with van der Waals surface area (Å²) in [6.07, 6.45) is 84.2. The predicted molar refractivity (Wildman–Crippen MR) is 335 cm³/mol. The van der Waals surface area contributed by atoms with Crippen LogP contribution in [0, 0.1) is 0 Å². The number of unbranched alkanes of at least 4 members (excludes halogenated alkanes) is 41. The van der Waals surface area contributed by atoms with Gasteiger partial charge in [-0.1, -0.05) is 313 Å². The molecule has 0 saturated heterocycles. The van der Waals surface area contributed by atoms with Gasteiger partial charge in [0, 0.05) is 19.3 Å². The maximum Gasteiger partial charge on any atom is 0.306 e. The molecule has 6 heteroatoms. The fourth-order valence-corrected chi connectivity index (χ4v) is 9.96. The first-order valence-corrected chi connectivity index (χ1v) is 33.8. The van der Waals surface area contributed by atoms with E-state index in [1.807, 2.05) is 0 Å². The average Bonchev–Trinajstić information content (AvgIpc) is 3.43. The quantitative estimate of drug-likeness (QED) is 0.0261. The fraction of sp³-hybridized carbons (Fsp3) is 0.817. The number of hydrogen-bond donors (Lipinski definition) is 0. The Morgan fingerprint density at radius 2 is 0.506 bits per heavy atom. The summed E-state index contributed by atoms with van der Waals surface area (Å²) < 4.78 is 16.9. The van der Waals surface area contributed by atoms with Crippen molar-refractivity contribution >= 4 is 17.9 Å². The molecule has 0 aromatic rings. The van der Waals surface area contributed by atoms with E-state index in [9.17, 15) is 14.4 Å². The molecule has 0 aliphatic heterocycles. The first kappa shape index (κ1) is 74.1. The summed E-state index contributed by atoms with van der Waals surface area (Å²) in [6, 6.07) is 0. The molecular formula is C71H128O6. The van der Waals surface area contributed by atoms with E-state index in [4.69, 9.17) is 14.2 Å². The van der Waals surface area contributed by atoms with Gasteiger partial charge in [-0.2, -0.15) is 0 Å². The van der Waals surface area contributed by atoms with Crippen LogP contribution in [0.3, 0.4) is 0 Å². The van der Waals surface area contributed by atoms with Crippen LogP contribution in [0.2, 0.25) is 0 Å². The summed E-state index contributed by atoms with van der Waals surface area (Å²) >= 11 is 0. The molecule has 0 bridgehead atoms. The number of ether oxygens (including phenoxy) is 3. The zero-order chi connectivity index (χ0) is 55.7. The van der Waals surface area contributed by atoms with E-state index in [2.05, 4.69) is 81.5 Å². The maximum absolute atomic E-state index is 12.9. The van der Waals surface area contributed by atoms with Crippen molar-refractivity contribution in [2.24, 2.45) is 0 Å². The standard InChI is InChI=1S/C71H128O6/c1-4-7-10-13-16-18-20-22-24-26-28-30-31-32-33-34-35-36-37-38-39-41-42-44-46-48-50-52-55-58-61-64-70(73)76-67-68(66-75-69(72)63-60-57-54-15-12-9-6-3)77-71(74)65-62-59-56-53-51-49-47-45-43-40-29-27-25-23-21-19-17-14-11-8-5-2/h7,10,16,18,22,24,27-30,68H,4-6,8-9,11-15,17,19-21,23,25-26,31-67H2,1-3H3/b10-7-,18-16-,24-22-,29-27-,30-28-. The molecule has 6 nitrogen and oxygen atoms in total. The van der Waals surface area contributed by atoms with Gasteiger partial charge in [0.15, 0.2) is 6.10 Å². The van der Waals surface area contributed by atoms with Crippen LogP contribution in [0.1, 0.15) is 355 Å². The lowest BCUT2D eigenvalue weighted by Crippen LogP contribution is -2.30. The van der Waals surface area contributed by atoms with Crippen LogP contribution in [-0.2, 0) is 28.6 Å². The zero-order valence-corrected chi connectivity index (χ0v) is 51.5. The Balaban J connectivity index is 4.03. The van der Waals surface area contributed by atoms with Gasteiger partial charge in [-0.05, 0) is 83.5 Å². The highest BCUT2D eigenvalue weighted by atomic mass is 16.6. The lowest BCUT2D eigenvalue weighted by molar-refractivity contribution is -0.167. The van der Waals surface area contributed by atoms with Crippen LogP contribution in [0.15, 0.2) is 60.8 Å². The molecule has 448 valence electrons. The molecule has 0 amide bonds. The second-order valence-corrected chi connectivity index (χ2v) is 22.7. The van der Waals surface area contributed by atoms with Gasteiger partial charge in [0.2, 0.25) is 0 Å². The van der Waals surface area contributed by atoms with Crippen LogP contribution >= 0.6 is 0 Å². The van der Waals surface area contributed by atoms with Gasteiger partial charge in [0.1, 0.15) is 13.2 Å². The highest BCUT2D eigenvalue weighted by molar-refractivity contribution is 5.71. The Kier molecular flexibility index (Phi) is 63.2. The molecule has 0 fully saturated rings. The predicted octanol–water partition coefficient (Wildman–Crippen LogP) is 23.1. The molecule has 1 unspecified atom stereocenters. The SMILES string of the molecule is CC/C=C\C/C=C\C/C=C\C/C=C\CCCCCCCCCCCCCCCCCCCCC(=O)OCC(COC(=O)CCCCCCCCC)OC(=O)CCCCCCCCCCC/C=C\CCCCCCCCCC. The van der Waals surface area contributed by atoms with Crippen molar-refractivity contribution in [3.8, 4) is 0 Å². The number of esters is 3. The van der Waals surface area contributed by atoms with Crippen LogP contribution in [0.5, 0.6) is 0 Å². The van der Waals surface area contributed by atoms with E-state index in [1.54, 1.807) is 0 Å².